The Morgan fingerprint density at radius 3 is 2.30 bits per heavy atom. The van der Waals surface area contributed by atoms with Gasteiger partial charge in [0.1, 0.15) is 16.7 Å². The predicted molar refractivity (Wildman–Crippen MR) is 112 cm³/mol. The molecular formula is C20H22F2N4O2S2. The van der Waals surface area contributed by atoms with Gasteiger partial charge in [-0.25, -0.2) is 17.2 Å². The predicted octanol–water partition coefficient (Wildman–Crippen LogP) is 3.13. The fourth-order valence-corrected chi connectivity index (χ4v) is 5.96. The Morgan fingerprint density at radius 1 is 1.03 bits per heavy atom. The summed E-state index contributed by atoms with van der Waals surface area (Å²) in [5.74, 6) is -0.726. The quantitative estimate of drug-likeness (QED) is 0.704. The SMILES string of the molecule is CC1CN(C2=CN(Cc3ccc(F)cc3)NS2)CCN1S(=O)(=O)c1ccc(F)cc1. The summed E-state index contributed by atoms with van der Waals surface area (Å²) in [5, 5.41) is 2.92. The van der Waals surface area contributed by atoms with Crippen LogP contribution in [-0.4, -0.2) is 48.3 Å². The molecule has 1 fully saturated rings. The zero-order chi connectivity index (χ0) is 21.3. The molecule has 30 heavy (non-hydrogen) atoms. The Morgan fingerprint density at radius 2 is 1.67 bits per heavy atom. The fourth-order valence-electron chi connectivity index (χ4n) is 3.54. The molecule has 0 aliphatic carbocycles. The summed E-state index contributed by atoms with van der Waals surface area (Å²) in [6.07, 6.45) is 1.98. The van der Waals surface area contributed by atoms with E-state index >= 15 is 0 Å². The van der Waals surface area contributed by atoms with Gasteiger partial charge in [-0.2, -0.15) is 9.14 Å². The molecular weight excluding hydrogens is 430 g/mol. The van der Waals surface area contributed by atoms with Crippen LogP contribution in [-0.2, 0) is 16.6 Å². The lowest BCUT2D eigenvalue weighted by Crippen LogP contribution is -2.53. The highest BCUT2D eigenvalue weighted by atomic mass is 32.2. The van der Waals surface area contributed by atoms with Crippen molar-refractivity contribution in [2.24, 2.45) is 0 Å². The molecule has 1 N–H and O–H groups in total. The Labute approximate surface area is 179 Å². The molecule has 4 rings (SSSR count). The molecule has 0 bridgehead atoms. The van der Waals surface area contributed by atoms with Crippen LogP contribution in [0.15, 0.2) is 64.7 Å². The second kappa shape index (κ2) is 8.54. The third kappa shape index (κ3) is 4.46. The minimum absolute atomic E-state index is 0.103. The van der Waals surface area contributed by atoms with Crippen LogP contribution < -0.4 is 4.83 Å². The van der Waals surface area contributed by atoms with Crippen LogP contribution in [0.3, 0.4) is 0 Å². The highest BCUT2D eigenvalue weighted by molar-refractivity contribution is 8.01. The Kier molecular flexibility index (Phi) is 6.01. The van der Waals surface area contributed by atoms with Crippen LogP contribution in [0.2, 0.25) is 0 Å². The standard InChI is InChI=1S/C20H22F2N4O2S2/c1-15-12-24(10-11-26(15)30(27,28)19-8-6-18(22)7-9-19)20-14-25(23-29-20)13-16-2-4-17(21)5-3-16/h2-9,14-15,23H,10-13H2,1H3. The number of sulfonamides is 1. The van der Waals surface area contributed by atoms with Gasteiger partial charge in [0.15, 0.2) is 0 Å². The fraction of sp³-hybridized carbons (Fsp3) is 0.300. The van der Waals surface area contributed by atoms with Crippen molar-refractivity contribution in [3.05, 3.63) is 77.0 Å². The van der Waals surface area contributed by atoms with E-state index in [1.54, 1.807) is 12.1 Å². The molecule has 1 atom stereocenters. The zero-order valence-electron chi connectivity index (χ0n) is 16.3. The number of piperazine rings is 1. The summed E-state index contributed by atoms with van der Waals surface area (Å²) >= 11 is 1.47. The maximum absolute atomic E-state index is 13.2. The second-order valence-corrected chi connectivity index (χ2v) is 9.98. The van der Waals surface area contributed by atoms with Crippen molar-refractivity contribution >= 4 is 22.0 Å². The molecule has 6 nitrogen and oxygen atoms in total. The van der Waals surface area contributed by atoms with E-state index in [1.165, 1.54) is 40.5 Å². The summed E-state index contributed by atoms with van der Waals surface area (Å²) in [5.41, 5.74) is 0.977. The van der Waals surface area contributed by atoms with Crippen LogP contribution in [0.1, 0.15) is 12.5 Å². The Balaban J connectivity index is 1.40. The first-order chi connectivity index (χ1) is 14.3. The molecule has 1 unspecified atom stereocenters. The van der Waals surface area contributed by atoms with Gasteiger partial charge in [-0.1, -0.05) is 12.1 Å². The molecule has 1 saturated heterocycles. The molecule has 0 saturated carbocycles. The third-order valence-electron chi connectivity index (χ3n) is 5.10. The molecule has 0 aromatic heterocycles. The monoisotopic (exact) mass is 452 g/mol. The highest BCUT2D eigenvalue weighted by Gasteiger charge is 2.35. The number of nitrogens with zero attached hydrogens (tertiary/aromatic N) is 3. The first-order valence-electron chi connectivity index (χ1n) is 9.51. The van der Waals surface area contributed by atoms with Crippen LogP contribution in [0.5, 0.6) is 0 Å². The maximum Gasteiger partial charge on any atom is 0.243 e. The summed E-state index contributed by atoms with van der Waals surface area (Å²) in [6, 6.07) is 11.1. The van der Waals surface area contributed by atoms with E-state index in [-0.39, 0.29) is 16.8 Å². The third-order valence-corrected chi connectivity index (χ3v) is 8.02. The van der Waals surface area contributed by atoms with E-state index in [4.69, 9.17) is 0 Å². The molecule has 2 aromatic rings. The smallest absolute Gasteiger partial charge is 0.243 e. The molecule has 2 aliphatic rings. The maximum atomic E-state index is 13.2. The van der Waals surface area contributed by atoms with Crippen molar-refractivity contribution in [3.8, 4) is 0 Å². The van der Waals surface area contributed by atoms with Crippen LogP contribution >= 0.6 is 11.9 Å². The van der Waals surface area contributed by atoms with Gasteiger partial charge in [0.25, 0.3) is 0 Å². The van der Waals surface area contributed by atoms with Gasteiger partial charge in [0.05, 0.1) is 11.4 Å². The topological polar surface area (TPSA) is 55.9 Å². The number of benzene rings is 2. The largest absolute Gasteiger partial charge is 0.361 e. The molecule has 160 valence electrons. The van der Waals surface area contributed by atoms with Gasteiger partial charge in [-0.05, 0) is 60.8 Å². The number of hydrazine groups is 1. The minimum atomic E-state index is -3.67. The molecule has 2 heterocycles. The first kappa shape index (κ1) is 21.1. The first-order valence-corrected chi connectivity index (χ1v) is 11.8. The highest BCUT2D eigenvalue weighted by Crippen LogP contribution is 2.29. The zero-order valence-corrected chi connectivity index (χ0v) is 18.0. The Hall–Kier alpha value is -2.14. The van der Waals surface area contributed by atoms with Gasteiger partial charge >= 0.3 is 0 Å². The minimum Gasteiger partial charge on any atom is -0.361 e. The van der Waals surface area contributed by atoms with E-state index in [9.17, 15) is 17.2 Å². The molecule has 10 heteroatoms. The number of rotatable bonds is 5. The number of hydrogen-bond donors (Lipinski definition) is 1. The summed E-state index contributed by atoms with van der Waals surface area (Å²) < 4.78 is 53.6. The van der Waals surface area contributed by atoms with Gasteiger partial charge in [-0.15, -0.1) is 0 Å². The van der Waals surface area contributed by atoms with Crippen molar-refractivity contribution in [2.75, 3.05) is 19.6 Å². The van der Waals surface area contributed by atoms with Crippen molar-refractivity contribution in [2.45, 2.75) is 24.4 Å². The van der Waals surface area contributed by atoms with E-state index < -0.39 is 15.8 Å². The lowest BCUT2D eigenvalue weighted by atomic mass is 10.2. The summed E-state index contributed by atoms with van der Waals surface area (Å²) in [4.78, 5) is 5.45. The van der Waals surface area contributed by atoms with E-state index in [2.05, 4.69) is 9.73 Å². The van der Waals surface area contributed by atoms with Gasteiger partial charge in [0, 0.05) is 31.9 Å². The van der Waals surface area contributed by atoms with E-state index in [0.717, 1.165) is 22.7 Å². The number of halogens is 2. The van der Waals surface area contributed by atoms with E-state index in [0.29, 0.717) is 26.2 Å². The van der Waals surface area contributed by atoms with Gasteiger partial charge in [0.2, 0.25) is 10.0 Å². The molecule has 2 aromatic carbocycles. The van der Waals surface area contributed by atoms with Crippen molar-refractivity contribution in [1.82, 2.24) is 19.0 Å². The molecule has 2 aliphatic heterocycles. The normalized spacial score (nSPS) is 20.5. The average Bonchev–Trinajstić information content (AvgIpc) is 3.18. The van der Waals surface area contributed by atoms with Crippen LogP contribution in [0, 0.1) is 11.6 Å². The van der Waals surface area contributed by atoms with E-state index in [1.807, 2.05) is 18.1 Å². The summed E-state index contributed by atoms with van der Waals surface area (Å²) in [7, 11) is -3.67. The number of hydrogen-bond acceptors (Lipinski definition) is 6. The average molecular weight is 453 g/mol. The van der Waals surface area contributed by atoms with Crippen LogP contribution in [0.4, 0.5) is 8.78 Å². The summed E-state index contributed by atoms with van der Waals surface area (Å²) in [6.45, 7) is 3.90. The van der Waals surface area contributed by atoms with Crippen LogP contribution in [0.25, 0.3) is 0 Å². The molecule has 0 radical (unpaired) electrons. The Bertz CT molecular complexity index is 1030. The lowest BCUT2D eigenvalue weighted by Gasteiger charge is -2.39. The molecule has 0 amide bonds. The lowest BCUT2D eigenvalue weighted by molar-refractivity contribution is 0.183. The van der Waals surface area contributed by atoms with Crippen molar-refractivity contribution in [1.29, 1.82) is 0 Å². The number of nitrogens with one attached hydrogen (secondary N) is 1. The second-order valence-electron chi connectivity index (χ2n) is 7.28. The van der Waals surface area contributed by atoms with Gasteiger partial charge < -0.3 is 4.90 Å². The van der Waals surface area contributed by atoms with Crippen molar-refractivity contribution < 1.29 is 17.2 Å². The van der Waals surface area contributed by atoms with Crippen molar-refractivity contribution in [3.63, 3.8) is 0 Å². The molecule has 0 spiro atoms. The van der Waals surface area contributed by atoms with Gasteiger partial charge in [-0.3, -0.25) is 5.01 Å².